The van der Waals surface area contributed by atoms with E-state index < -0.39 is 5.78 Å². The van der Waals surface area contributed by atoms with Crippen LogP contribution in [0.2, 0.25) is 5.02 Å². The fraction of sp³-hybridized carbons (Fsp3) is 0.269. The number of ketones is 1. The van der Waals surface area contributed by atoms with Crippen molar-refractivity contribution in [1.82, 2.24) is 4.57 Å². The Morgan fingerprint density at radius 2 is 2.00 bits per heavy atom. The van der Waals surface area contributed by atoms with Crippen molar-refractivity contribution in [3.05, 3.63) is 89.8 Å². The standard InChI is InChI=1S/C26H25ClN2O3S/c1-3-6-18-9-11-20(12-10-18)24(30)22(17-28)26-29(13-5-14-32-2)25(31)23(33-26)16-19-7-4-8-21(27)15-19/h4,7-12,15-16H,3,5-6,13-14H2,1-2H3/b23-16-,26-22-. The third-order valence-corrected chi connectivity index (χ3v) is 6.46. The molecule has 1 aromatic heterocycles. The predicted molar refractivity (Wildman–Crippen MR) is 133 cm³/mol. The highest BCUT2D eigenvalue weighted by Crippen LogP contribution is 2.13. The Kier molecular flexibility index (Phi) is 8.79. The molecule has 3 rings (SSSR count). The van der Waals surface area contributed by atoms with Gasteiger partial charge in [-0.15, -0.1) is 11.3 Å². The van der Waals surface area contributed by atoms with Crippen molar-refractivity contribution in [2.24, 2.45) is 0 Å². The molecule has 0 saturated carbocycles. The number of aryl methyl sites for hydroxylation is 1. The van der Waals surface area contributed by atoms with E-state index in [0.717, 1.165) is 35.3 Å². The van der Waals surface area contributed by atoms with E-state index in [2.05, 4.69) is 13.0 Å². The Labute approximate surface area is 201 Å². The molecule has 0 unspecified atom stereocenters. The third kappa shape index (κ3) is 6.08. The van der Waals surface area contributed by atoms with E-state index in [0.29, 0.717) is 39.4 Å². The molecule has 0 aliphatic rings. The predicted octanol–water partition coefficient (Wildman–Crippen LogP) is 3.94. The van der Waals surface area contributed by atoms with E-state index in [-0.39, 0.29) is 11.1 Å². The first-order valence-electron chi connectivity index (χ1n) is 10.7. The van der Waals surface area contributed by atoms with Crippen LogP contribution in [0, 0.1) is 11.3 Å². The van der Waals surface area contributed by atoms with Crippen molar-refractivity contribution in [2.45, 2.75) is 32.7 Å². The average Bonchev–Trinajstić information content (AvgIpc) is 3.10. The molecule has 0 amide bonds. The minimum Gasteiger partial charge on any atom is -0.385 e. The van der Waals surface area contributed by atoms with Crippen molar-refractivity contribution >= 4 is 40.4 Å². The summed E-state index contributed by atoms with van der Waals surface area (Å²) in [6.45, 7) is 2.90. The highest BCUT2D eigenvalue weighted by atomic mass is 35.5. The Balaban J connectivity index is 2.17. The second-order valence-corrected chi connectivity index (χ2v) is 9.00. The lowest BCUT2D eigenvalue weighted by molar-refractivity contribution is 0.105. The zero-order valence-corrected chi connectivity index (χ0v) is 20.2. The smallest absolute Gasteiger partial charge is 0.269 e. The lowest BCUT2D eigenvalue weighted by atomic mass is 10.0. The van der Waals surface area contributed by atoms with Crippen LogP contribution in [0.4, 0.5) is 0 Å². The first-order chi connectivity index (χ1) is 16.0. The summed E-state index contributed by atoms with van der Waals surface area (Å²) in [5, 5.41) is 10.5. The maximum absolute atomic E-state index is 13.2. The first kappa shape index (κ1) is 24.7. The molecule has 0 radical (unpaired) electrons. The molecule has 3 aromatic rings. The number of carbonyl (C=O) groups excluding carboxylic acids is 1. The third-order valence-electron chi connectivity index (χ3n) is 5.09. The SMILES string of the molecule is CCCc1ccc(C(=O)/C(C#N)=c2\s/c(=C\c3cccc(Cl)c3)c(=O)n2CCCOC)cc1. The summed E-state index contributed by atoms with van der Waals surface area (Å²) in [4.78, 5) is 26.4. The molecular formula is C26H25ClN2O3S. The van der Waals surface area contributed by atoms with Crippen LogP contribution in [0.1, 0.15) is 41.3 Å². The van der Waals surface area contributed by atoms with Crippen LogP contribution >= 0.6 is 22.9 Å². The topological polar surface area (TPSA) is 72.1 Å². The second kappa shape index (κ2) is 11.8. The molecule has 0 fully saturated rings. The van der Waals surface area contributed by atoms with Crippen molar-refractivity contribution in [3.63, 3.8) is 0 Å². The molecule has 0 aliphatic carbocycles. The Morgan fingerprint density at radius 3 is 2.64 bits per heavy atom. The van der Waals surface area contributed by atoms with Crippen LogP contribution in [0.5, 0.6) is 0 Å². The summed E-state index contributed by atoms with van der Waals surface area (Å²) < 4.78 is 7.41. The first-order valence-corrected chi connectivity index (χ1v) is 11.9. The number of benzene rings is 2. The molecule has 0 N–H and O–H groups in total. The molecule has 1 heterocycles. The summed E-state index contributed by atoms with van der Waals surface area (Å²) in [6.07, 6.45) is 4.25. The summed E-state index contributed by atoms with van der Waals surface area (Å²) in [6, 6.07) is 16.5. The molecule has 0 saturated heterocycles. The largest absolute Gasteiger partial charge is 0.385 e. The number of halogens is 1. The van der Waals surface area contributed by atoms with Gasteiger partial charge in [0, 0.05) is 30.8 Å². The van der Waals surface area contributed by atoms with Gasteiger partial charge in [-0.2, -0.15) is 5.26 Å². The van der Waals surface area contributed by atoms with Gasteiger partial charge in [-0.25, -0.2) is 0 Å². The molecule has 0 atom stereocenters. The van der Waals surface area contributed by atoms with E-state index in [1.54, 1.807) is 43.5 Å². The number of methoxy groups -OCH3 is 1. The molecule has 33 heavy (non-hydrogen) atoms. The molecule has 170 valence electrons. The molecule has 0 spiro atoms. The minimum absolute atomic E-state index is 0.0384. The van der Waals surface area contributed by atoms with Gasteiger partial charge in [-0.1, -0.05) is 61.3 Å². The van der Waals surface area contributed by atoms with E-state index >= 15 is 0 Å². The van der Waals surface area contributed by atoms with Gasteiger partial charge in [0.25, 0.3) is 5.56 Å². The van der Waals surface area contributed by atoms with Crippen molar-refractivity contribution in [3.8, 4) is 6.07 Å². The van der Waals surface area contributed by atoms with Gasteiger partial charge in [0.1, 0.15) is 16.3 Å². The molecule has 0 bridgehead atoms. The number of hydrogen-bond donors (Lipinski definition) is 0. The van der Waals surface area contributed by atoms with Gasteiger partial charge in [0.2, 0.25) is 5.78 Å². The van der Waals surface area contributed by atoms with E-state index in [1.165, 1.54) is 4.57 Å². The lowest BCUT2D eigenvalue weighted by Crippen LogP contribution is -2.33. The number of Topliss-reactive ketones (excluding diaryl/α,β-unsaturated/α-hetero) is 1. The van der Waals surface area contributed by atoms with Crippen molar-refractivity contribution in [2.75, 3.05) is 13.7 Å². The fourth-order valence-corrected chi connectivity index (χ4v) is 4.80. The summed E-state index contributed by atoms with van der Waals surface area (Å²) in [7, 11) is 1.59. The summed E-state index contributed by atoms with van der Waals surface area (Å²) in [5.74, 6) is -0.392. The van der Waals surface area contributed by atoms with Crippen LogP contribution in [0.3, 0.4) is 0 Å². The maximum Gasteiger partial charge on any atom is 0.269 e. The van der Waals surface area contributed by atoms with Gasteiger partial charge < -0.3 is 4.74 Å². The van der Waals surface area contributed by atoms with Gasteiger partial charge >= 0.3 is 0 Å². The number of carbonyl (C=O) groups is 1. The minimum atomic E-state index is -0.392. The maximum atomic E-state index is 13.2. The number of ether oxygens (including phenoxy) is 1. The zero-order valence-electron chi connectivity index (χ0n) is 18.6. The number of hydrogen-bond acceptors (Lipinski definition) is 5. The monoisotopic (exact) mass is 480 g/mol. The van der Waals surface area contributed by atoms with Crippen LogP contribution in [-0.2, 0) is 17.7 Å². The van der Waals surface area contributed by atoms with Crippen LogP contribution in [0.15, 0.2) is 53.3 Å². The summed E-state index contributed by atoms with van der Waals surface area (Å²) >= 11 is 7.22. The van der Waals surface area contributed by atoms with Crippen molar-refractivity contribution in [1.29, 1.82) is 5.26 Å². The van der Waals surface area contributed by atoms with Crippen molar-refractivity contribution < 1.29 is 9.53 Å². The number of rotatable bonds is 9. The summed E-state index contributed by atoms with van der Waals surface area (Å²) in [5.41, 5.74) is 2.05. The normalized spacial score (nSPS) is 12.5. The van der Waals surface area contributed by atoms with E-state index in [9.17, 15) is 14.9 Å². The van der Waals surface area contributed by atoms with Gasteiger partial charge in [0.05, 0.1) is 4.53 Å². The number of nitriles is 1. The Hall–Kier alpha value is -2.98. The Morgan fingerprint density at radius 1 is 1.24 bits per heavy atom. The molecular weight excluding hydrogens is 456 g/mol. The zero-order chi connectivity index (χ0) is 23.8. The molecule has 7 heteroatoms. The van der Waals surface area contributed by atoms with Crippen LogP contribution in [0.25, 0.3) is 11.6 Å². The molecule has 5 nitrogen and oxygen atoms in total. The van der Waals surface area contributed by atoms with Gasteiger partial charge in [-0.3, -0.25) is 14.2 Å². The number of thiazole rings is 1. The Bertz CT molecular complexity index is 1350. The highest BCUT2D eigenvalue weighted by molar-refractivity contribution is 7.07. The van der Waals surface area contributed by atoms with Crippen LogP contribution in [-0.4, -0.2) is 24.1 Å². The van der Waals surface area contributed by atoms with Gasteiger partial charge in [0.15, 0.2) is 0 Å². The second-order valence-electron chi connectivity index (χ2n) is 7.54. The lowest BCUT2D eigenvalue weighted by Gasteiger charge is -2.04. The van der Waals surface area contributed by atoms with E-state index in [4.69, 9.17) is 16.3 Å². The average molecular weight is 481 g/mol. The van der Waals surface area contributed by atoms with E-state index in [1.807, 2.05) is 18.2 Å². The highest BCUT2D eigenvalue weighted by Gasteiger charge is 2.17. The quantitative estimate of drug-likeness (QED) is 0.343. The molecule has 0 aliphatic heterocycles. The fourth-order valence-electron chi connectivity index (χ4n) is 3.47. The number of aromatic nitrogens is 1. The number of nitrogens with zero attached hydrogens (tertiary/aromatic N) is 2. The van der Waals surface area contributed by atoms with Gasteiger partial charge in [-0.05, 0) is 42.2 Å². The van der Waals surface area contributed by atoms with Crippen LogP contribution < -0.4 is 14.8 Å². The molecule has 2 aromatic carbocycles.